The topological polar surface area (TPSA) is 46.2 Å². The lowest BCUT2D eigenvalue weighted by molar-refractivity contribution is -0.121. The normalized spacial score (nSPS) is 17.3. The van der Waals surface area contributed by atoms with Gasteiger partial charge in [0.15, 0.2) is 4.75 Å². The van der Waals surface area contributed by atoms with Gasteiger partial charge in [0.25, 0.3) is 11.1 Å². The van der Waals surface area contributed by atoms with Gasteiger partial charge in [-0.3, -0.25) is 14.9 Å². The van der Waals surface area contributed by atoms with Crippen LogP contribution in [0.5, 0.6) is 0 Å². The van der Waals surface area contributed by atoms with E-state index in [-0.39, 0.29) is 11.1 Å². The van der Waals surface area contributed by atoms with E-state index < -0.39 is 4.75 Å². The Kier molecular flexibility index (Phi) is 2.87. The Labute approximate surface area is 115 Å². The van der Waals surface area contributed by atoms with Gasteiger partial charge in [-0.05, 0) is 22.9 Å². The highest BCUT2D eigenvalue weighted by Gasteiger charge is 2.50. The Morgan fingerprint density at radius 1 is 0.789 bits per heavy atom. The Bertz CT molecular complexity index is 586. The standard InChI is InChI=1S/C15H11NO2S/c17-13-15(19-14(18)16-13,11-7-3-1-4-8-11)12-9-5-2-6-10-12/h1-10H,(H,16,17,18). The van der Waals surface area contributed by atoms with E-state index in [4.69, 9.17) is 0 Å². The lowest BCUT2D eigenvalue weighted by Crippen LogP contribution is -2.35. The minimum Gasteiger partial charge on any atom is -0.285 e. The summed E-state index contributed by atoms with van der Waals surface area (Å²) in [6, 6.07) is 18.8. The maximum Gasteiger partial charge on any atom is 0.287 e. The van der Waals surface area contributed by atoms with Crippen LogP contribution in [0.15, 0.2) is 60.7 Å². The van der Waals surface area contributed by atoms with Crippen LogP contribution in [-0.2, 0) is 9.54 Å². The lowest BCUT2D eigenvalue weighted by Gasteiger charge is -2.25. The van der Waals surface area contributed by atoms with Crippen LogP contribution in [-0.4, -0.2) is 11.1 Å². The molecule has 3 rings (SSSR count). The van der Waals surface area contributed by atoms with Crippen LogP contribution in [0.2, 0.25) is 0 Å². The number of carbonyl (C=O) groups excluding carboxylic acids is 2. The number of imide groups is 1. The van der Waals surface area contributed by atoms with E-state index in [1.807, 2.05) is 60.7 Å². The molecule has 1 aliphatic rings. The van der Waals surface area contributed by atoms with Gasteiger partial charge in [0, 0.05) is 0 Å². The minimum atomic E-state index is -0.973. The van der Waals surface area contributed by atoms with Crippen LogP contribution in [0.1, 0.15) is 11.1 Å². The van der Waals surface area contributed by atoms with Crippen molar-refractivity contribution >= 4 is 22.9 Å². The van der Waals surface area contributed by atoms with Crippen molar-refractivity contribution in [2.24, 2.45) is 0 Å². The summed E-state index contributed by atoms with van der Waals surface area (Å²) in [5, 5.41) is 2.08. The van der Waals surface area contributed by atoms with Crippen LogP contribution >= 0.6 is 11.8 Å². The van der Waals surface area contributed by atoms with Gasteiger partial charge in [0.1, 0.15) is 0 Å². The third-order valence-electron chi connectivity index (χ3n) is 3.14. The number of amides is 2. The molecule has 1 fully saturated rings. The van der Waals surface area contributed by atoms with Crippen molar-refractivity contribution in [3.63, 3.8) is 0 Å². The predicted octanol–water partition coefficient (Wildman–Crippen LogP) is 2.91. The van der Waals surface area contributed by atoms with Crippen LogP contribution in [0.25, 0.3) is 0 Å². The summed E-state index contributed by atoms with van der Waals surface area (Å²) in [7, 11) is 0. The van der Waals surface area contributed by atoms with Crippen molar-refractivity contribution in [1.82, 2.24) is 5.32 Å². The van der Waals surface area contributed by atoms with Gasteiger partial charge in [-0.1, -0.05) is 60.7 Å². The molecule has 0 spiro atoms. The summed E-state index contributed by atoms with van der Waals surface area (Å²) < 4.78 is -0.973. The molecule has 2 aromatic rings. The maximum atomic E-state index is 12.4. The fraction of sp³-hybridized carbons (Fsp3) is 0.0667. The molecule has 19 heavy (non-hydrogen) atoms. The van der Waals surface area contributed by atoms with E-state index in [0.29, 0.717) is 0 Å². The van der Waals surface area contributed by atoms with Gasteiger partial charge in [-0.25, -0.2) is 0 Å². The first-order valence-corrected chi connectivity index (χ1v) is 6.70. The highest BCUT2D eigenvalue weighted by molar-refractivity contribution is 8.15. The molecule has 1 heterocycles. The van der Waals surface area contributed by atoms with Gasteiger partial charge >= 0.3 is 0 Å². The molecular formula is C15H11NO2S. The van der Waals surface area contributed by atoms with Crippen LogP contribution in [0, 0.1) is 0 Å². The molecule has 0 aromatic heterocycles. The van der Waals surface area contributed by atoms with E-state index in [2.05, 4.69) is 5.32 Å². The molecular weight excluding hydrogens is 258 g/mol. The molecule has 3 nitrogen and oxygen atoms in total. The monoisotopic (exact) mass is 269 g/mol. The zero-order valence-corrected chi connectivity index (χ0v) is 10.8. The van der Waals surface area contributed by atoms with E-state index in [0.717, 1.165) is 22.9 Å². The number of carbonyl (C=O) groups is 2. The van der Waals surface area contributed by atoms with E-state index in [1.54, 1.807) is 0 Å². The molecule has 0 unspecified atom stereocenters. The summed E-state index contributed by atoms with van der Waals surface area (Å²) in [6.45, 7) is 0. The minimum absolute atomic E-state index is 0.278. The number of thioether (sulfide) groups is 1. The molecule has 1 N–H and O–H groups in total. The van der Waals surface area contributed by atoms with Crippen molar-refractivity contribution in [2.45, 2.75) is 4.75 Å². The van der Waals surface area contributed by atoms with Gasteiger partial charge in [0.2, 0.25) is 0 Å². The van der Waals surface area contributed by atoms with Crippen molar-refractivity contribution in [1.29, 1.82) is 0 Å². The van der Waals surface area contributed by atoms with Gasteiger partial charge < -0.3 is 0 Å². The smallest absolute Gasteiger partial charge is 0.285 e. The Balaban J connectivity index is 2.23. The molecule has 0 radical (unpaired) electrons. The van der Waals surface area contributed by atoms with E-state index in [9.17, 15) is 9.59 Å². The molecule has 0 atom stereocenters. The number of benzene rings is 2. The van der Waals surface area contributed by atoms with Crippen molar-refractivity contribution in [3.05, 3.63) is 71.8 Å². The fourth-order valence-corrected chi connectivity index (χ4v) is 3.36. The largest absolute Gasteiger partial charge is 0.287 e. The average Bonchev–Trinajstić information content (AvgIpc) is 2.76. The molecule has 2 aromatic carbocycles. The van der Waals surface area contributed by atoms with Crippen molar-refractivity contribution in [2.75, 3.05) is 0 Å². The Morgan fingerprint density at radius 2 is 1.26 bits per heavy atom. The summed E-state index contributed by atoms with van der Waals surface area (Å²) in [6.07, 6.45) is 0. The molecule has 4 heteroatoms. The third kappa shape index (κ3) is 1.85. The van der Waals surface area contributed by atoms with E-state index >= 15 is 0 Å². The SMILES string of the molecule is O=C1NC(=O)C(c2ccccc2)(c2ccccc2)S1. The highest BCUT2D eigenvalue weighted by atomic mass is 32.2. The van der Waals surface area contributed by atoms with Crippen LogP contribution in [0.4, 0.5) is 4.79 Å². The number of hydrogen-bond acceptors (Lipinski definition) is 3. The van der Waals surface area contributed by atoms with Gasteiger partial charge in [-0.15, -0.1) is 0 Å². The summed E-state index contributed by atoms with van der Waals surface area (Å²) in [4.78, 5) is 24.0. The fourth-order valence-electron chi connectivity index (χ4n) is 2.28. The number of nitrogens with one attached hydrogen (secondary N) is 1. The molecule has 1 aliphatic heterocycles. The lowest BCUT2D eigenvalue weighted by atomic mass is 9.89. The molecule has 0 aliphatic carbocycles. The quantitative estimate of drug-likeness (QED) is 0.911. The first-order chi connectivity index (χ1) is 9.23. The van der Waals surface area contributed by atoms with E-state index in [1.165, 1.54) is 0 Å². The summed E-state index contributed by atoms with van der Waals surface area (Å²) in [5.41, 5.74) is 1.63. The summed E-state index contributed by atoms with van der Waals surface area (Å²) >= 11 is 1.03. The second-order valence-electron chi connectivity index (χ2n) is 4.26. The first kappa shape index (κ1) is 12.0. The Morgan fingerprint density at radius 3 is 1.63 bits per heavy atom. The number of rotatable bonds is 2. The van der Waals surface area contributed by atoms with Crippen molar-refractivity contribution < 1.29 is 9.59 Å². The molecule has 0 bridgehead atoms. The van der Waals surface area contributed by atoms with Gasteiger partial charge in [0.05, 0.1) is 0 Å². The molecule has 94 valence electrons. The third-order valence-corrected chi connectivity index (χ3v) is 4.39. The highest BCUT2D eigenvalue weighted by Crippen LogP contribution is 2.46. The second-order valence-corrected chi connectivity index (χ2v) is 5.44. The molecule has 2 amide bonds. The zero-order valence-electron chi connectivity index (χ0n) is 10.00. The summed E-state index contributed by atoms with van der Waals surface area (Å²) in [5.74, 6) is -0.278. The number of hydrogen-bond donors (Lipinski definition) is 1. The maximum absolute atomic E-state index is 12.4. The van der Waals surface area contributed by atoms with Crippen molar-refractivity contribution in [3.8, 4) is 0 Å². The predicted molar refractivity (Wildman–Crippen MR) is 74.8 cm³/mol. The zero-order chi connectivity index (χ0) is 13.3. The first-order valence-electron chi connectivity index (χ1n) is 5.89. The average molecular weight is 269 g/mol. The van der Waals surface area contributed by atoms with Crippen LogP contribution < -0.4 is 5.32 Å². The molecule has 0 saturated carbocycles. The second kappa shape index (κ2) is 4.55. The molecule has 1 saturated heterocycles. The van der Waals surface area contributed by atoms with Crippen LogP contribution in [0.3, 0.4) is 0 Å². The van der Waals surface area contributed by atoms with Gasteiger partial charge in [-0.2, -0.15) is 0 Å². The Hall–Kier alpha value is -2.07.